The molecule has 0 spiro atoms. The highest BCUT2D eigenvalue weighted by atomic mass is 16.5. The third-order valence-corrected chi connectivity index (χ3v) is 3.83. The molecule has 1 fully saturated rings. The van der Waals surface area contributed by atoms with Gasteiger partial charge in [0.1, 0.15) is 6.10 Å². The molecule has 2 aliphatic rings. The van der Waals surface area contributed by atoms with Crippen molar-refractivity contribution in [1.82, 2.24) is 4.98 Å². The lowest BCUT2D eigenvalue weighted by molar-refractivity contribution is 0.0540. The van der Waals surface area contributed by atoms with E-state index < -0.39 is 0 Å². The number of rotatable bonds is 2. The number of allylic oxidation sites excluding steroid dienone is 2. The lowest BCUT2D eigenvalue weighted by atomic mass is 9.87. The van der Waals surface area contributed by atoms with Crippen molar-refractivity contribution >= 4 is 0 Å². The van der Waals surface area contributed by atoms with Crippen molar-refractivity contribution in [2.45, 2.75) is 31.6 Å². The average Bonchev–Trinajstić information content (AvgIpc) is 2.94. The van der Waals surface area contributed by atoms with Crippen LogP contribution in [0.5, 0.6) is 0 Å². The van der Waals surface area contributed by atoms with Crippen LogP contribution in [0.3, 0.4) is 0 Å². The van der Waals surface area contributed by atoms with Crippen LogP contribution in [0.4, 0.5) is 0 Å². The molecule has 1 aromatic heterocycles. The topological polar surface area (TPSA) is 22.1 Å². The molecular weight excluding hydrogens is 210 g/mol. The molecule has 1 unspecified atom stereocenters. The van der Waals surface area contributed by atoms with Crippen LogP contribution in [-0.4, -0.2) is 11.6 Å². The first-order chi connectivity index (χ1) is 8.43. The molecule has 1 aliphatic heterocycles. The largest absolute Gasteiger partial charge is 0.371 e. The molecule has 1 radical (unpaired) electrons. The van der Waals surface area contributed by atoms with Crippen molar-refractivity contribution in [1.29, 1.82) is 0 Å². The molecule has 2 heterocycles. The standard InChI is InChI=1S/C15H18NO/c1-2-5-12(4-1)15-8-7-14(11-17-15)13-6-3-9-16-10-13/h1-3,6,9-10,12,14H,4-5,7-8,11H2. The Morgan fingerprint density at radius 2 is 2.06 bits per heavy atom. The minimum Gasteiger partial charge on any atom is -0.371 e. The predicted molar refractivity (Wildman–Crippen MR) is 67.3 cm³/mol. The molecule has 17 heavy (non-hydrogen) atoms. The van der Waals surface area contributed by atoms with E-state index in [9.17, 15) is 0 Å². The summed E-state index contributed by atoms with van der Waals surface area (Å²) in [4.78, 5) is 4.18. The second kappa shape index (κ2) is 5.01. The number of pyridine rings is 1. The van der Waals surface area contributed by atoms with Gasteiger partial charge in [-0.25, -0.2) is 0 Å². The first-order valence-electron chi connectivity index (χ1n) is 6.47. The fraction of sp³-hybridized carbons (Fsp3) is 0.467. The number of ether oxygens (including phenoxy) is 1. The van der Waals surface area contributed by atoms with Gasteiger partial charge in [0.2, 0.25) is 0 Å². The molecule has 0 bridgehead atoms. The third kappa shape index (κ3) is 2.42. The molecule has 0 N–H and O–H groups in total. The Morgan fingerprint density at radius 1 is 1.18 bits per heavy atom. The van der Waals surface area contributed by atoms with Crippen LogP contribution in [0.2, 0.25) is 0 Å². The van der Waals surface area contributed by atoms with Gasteiger partial charge in [-0.1, -0.05) is 18.2 Å². The van der Waals surface area contributed by atoms with E-state index in [4.69, 9.17) is 4.74 Å². The summed E-state index contributed by atoms with van der Waals surface area (Å²) in [7, 11) is 0. The van der Waals surface area contributed by atoms with E-state index in [1.165, 1.54) is 30.9 Å². The van der Waals surface area contributed by atoms with E-state index in [0.29, 0.717) is 11.8 Å². The van der Waals surface area contributed by atoms with Gasteiger partial charge in [-0.2, -0.15) is 0 Å². The SMILES string of the molecule is C1=CCC([C]2CCC(c3cccnc3)CO2)C1. The first-order valence-corrected chi connectivity index (χ1v) is 6.47. The second-order valence-electron chi connectivity index (χ2n) is 4.94. The molecule has 1 aromatic rings. The number of hydrogen-bond acceptors (Lipinski definition) is 2. The number of aromatic nitrogens is 1. The summed E-state index contributed by atoms with van der Waals surface area (Å²) >= 11 is 0. The molecule has 3 rings (SSSR count). The van der Waals surface area contributed by atoms with E-state index in [0.717, 1.165) is 13.0 Å². The minimum absolute atomic E-state index is 0.529. The van der Waals surface area contributed by atoms with E-state index in [1.807, 2.05) is 18.5 Å². The molecule has 2 heteroatoms. The van der Waals surface area contributed by atoms with Gasteiger partial charge in [-0.05, 0) is 43.2 Å². The van der Waals surface area contributed by atoms with Crippen LogP contribution in [0.25, 0.3) is 0 Å². The van der Waals surface area contributed by atoms with E-state index in [-0.39, 0.29) is 0 Å². The highest BCUT2D eigenvalue weighted by Gasteiger charge is 2.30. The van der Waals surface area contributed by atoms with Crippen LogP contribution in [0.1, 0.15) is 37.2 Å². The Bertz CT molecular complexity index is 371. The molecular formula is C15H18NO. The summed E-state index contributed by atoms with van der Waals surface area (Å²) in [6, 6.07) is 4.17. The minimum atomic E-state index is 0.529. The van der Waals surface area contributed by atoms with Crippen LogP contribution in [0.15, 0.2) is 36.7 Å². The quantitative estimate of drug-likeness (QED) is 0.723. The fourth-order valence-corrected chi connectivity index (χ4v) is 2.76. The van der Waals surface area contributed by atoms with Gasteiger partial charge in [-0.15, -0.1) is 0 Å². The van der Waals surface area contributed by atoms with E-state index in [2.05, 4.69) is 23.2 Å². The maximum absolute atomic E-state index is 5.98. The second-order valence-corrected chi connectivity index (χ2v) is 4.94. The Hall–Kier alpha value is -1.15. The monoisotopic (exact) mass is 228 g/mol. The van der Waals surface area contributed by atoms with Gasteiger partial charge < -0.3 is 4.74 Å². The van der Waals surface area contributed by atoms with Gasteiger partial charge in [0.15, 0.2) is 0 Å². The Kier molecular flexibility index (Phi) is 3.23. The zero-order valence-corrected chi connectivity index (χ0v) is 10.0. The Labute approximate surface area is 103 Å². The van der Waals surface area contributed by atoms with Crippen LogP contribution in [0, 0.1) is 12.0 Å². The van der Waals surface area contributed by atoms with Crippen molar-refractivity contribution in [3.8, 4) is 0 Å². The average molecular weight is 228 g/mol. The Morgan fingerprint density at radius 3 is 2.71 bits per heavy atom. The maximum Gasteiger partial charge on any atom is 0.101 e. The van der Waals surface area contributed by atoms with Gasteiger partial charge in [-0.3, -0.25) is 4.98 Å². The molecule has 0 aromatic carbocycles. The molecule has 1 atom stereocenters. The highest BCUT2D eigenvalue weighted by molar-refractivity contribution is 5.16. The third-order valence-electron chi connectivity index (χ3n) is 3.83. The summed E-state index contributed by atoms with van der Waals surface area (Å²) < 4.78 is 5.98. The number of nitrogens with zero attached hydrogens (tertiary/aromatic N) is 1. The van der Waals surface area contributed by atoms with Gasteiger partial charge in [0.05, 0.1) is 6.61 Å². The molecule has 2 nitrogen and oxygen atoms in total. The van der Waals surface area contributed by atoms with E-state index >= 15 is 0 Å². The van der Waals surface area contributed by atoms with Crippen molar-refractivity contribution in [3.63, 3.8) is 0 Å². The molecule has 89 valence electrons. The van der Waals surface area contributed by atoms with Gasteiger partial charge in [0, 0.05) is 18.3 Å². The molecule has 0 amide bonds. The zero-order valence-electron chi connectivity index (χ0n) is 10.0. The normalized spacial score (nSPS) is 26.5. The van der Waals surface area contributed by atoms with Gasteiger partial charge in [0.25, 0.3) is 0 Å². The predicted octanol–water partition coefficient (Wildman–Crippen LogP) is 3.47. The fourth-order valence-electron chi connectivity index (χ4n) is 2.76. The van der Waals surface area contributed by atoms with Crippen LogP contribution in [-0.2, 0) is 4.74 Å². The number of hydrogen-bond donors (Lipinski definition) is 0. The lowest BCUT2D eigenvalue weighted by Gasteiger charge is -2.31. The van der Waals surface area contributed by atoms with Crippen LogP contribution < -0.4 is 0 Å². The Balaban J connectivity index is 1.57. The van der Waals surface area contributed by atoms with E-state index in [1.54, 1.807) is 0 Å². The maximum atomic E-state index is 5.98. The molecule has 1 aliphatic carbocycles. The lowest BCUT2D eigenvalue weighted by Crippen LogP contribution is -2.23. The summed E-state index contributed by atoms with van der Waals surface area (Å²) in [5, 5.41) is 0. The van der Waals surface area contributed by atoms with Crippen molar-refractivity contribution < 1.29 is 4.74 Å². The van der Waals surface area contributed by atoms with Gasteiger partial charge >= 0.3 is 0 Å². The van der Waals surface area contributed by atoms with Crippen molar-refractivity contribution in [3.05, 3.63) is 48.3 Å². The highest BCUT2D eigenvalue weighted by Crippen LogP contribution is 2.38. The zero-order chi connectivity index (χ0) is 11.5. The summed E-state index contributed by atoms with van der Waals surface area (Å²) in [6.45, 7) is 0.831. The molecule has 0 saturated carbocycles. The summed E-state index contributed by atoms with van der Waals surface area (Å²) in [5.41, 5.74) is 1.32. The van der Waals surface area contributed by atoms with Crippen molar-refractivity contribution in [2.24, 2.45) is 5.92 Å². The summed E-state index contributed by atoms with van der Waals surface area (Å²) in [5.74, 6) is 1.19. The van der Waals surface area contributed by atoms with Crippen LogP contribution >= 0.6 is 0 Å². The molecule has 1 saturated heterocycles. The summed E-state index contributed by atoms with van der Waals surface area (Å²) in [6.07, 6.45) is 14.3. The first kappa shape index (κ1) is 11.0. The van der Waals surface area contributed by atoms with Crippen molar-refractivity contribution in [2.75, 3.05) is 6.61 Å². The smallest absolute Gasteiger partial charge is 0.101 e.